The maximum absolute atomic E-state index is 12.3. The fourth-order valence-electron chi connectivity index (χ4n) is 4.60. The van der Waals surface area contributed by atoms with Crippen molar-refractivity contribution in [2.24, 2.45) is 5.92 Å². The fraction of sp³-hybridized carbons (Fsp3) is 0.391. The lowest BCUT2D eigenvalue weighted by Crippen LogP contribution is -2.34. The van der Waals surface area contributed by atoms with Gasteiger partial charge in [-0.3, -0.25) is 4.79 Å². The zero-order valence-electron chi connectivity index (χ0n) is 15.8. The van der Waals surface area contributed by atoms with Crippen molar-refractivity contribution in [1.82, 2.24) is 5.32 Å². The van der Waals surface area contributed by atoms with Gasteiger partial charge in [-0.15, -0.1) is 0 Å². The lowest BCUT2D eigenvalue weighted by molar-refractivity contribution is -0.137. The molecule has 0 radical (unpaired) electrons. The monoisotopic (exact) mass is 379 g/mol. The van der Waals surface area contributed by atoms with Crippen molar-refractivity contribution in [2.75, 3.05) is 6.61 Å². The Morgan fingerprint density at radius 3 is 2.29 bits per heavy atom. The lowest BCUT2D eigenvalue weighted by atomic mass is 9.98. The van der Waals surface area contributed by atoms with Crippen molar-refractivity contribution in [3.63, 3.8) is 0 Å². The van der Waals surface area contributed by atoms with E-state index in [0.29, 0.717) is 18.9 Å². The number of carboxylic acid groups (broad SMARTS) is 1. The van der Waals surface area contributed by atoms with Crippen molar-refractivity contribution >= 4 is 12.1 Å². The lowest BCUT2D eigenvalue weighted by Gasteiger charge is -2.17. The number of aliphatic carboxylic acids is 1. The van der Waals surface area contributed by atoms with E-state index in [2.05, 4.69) is 29.6 Å². The van der Waals surface area contributed by atoms with E-state index in [0.717, 1.165) is 19.3 Å². The Kier molecular flexibility index (Phi) is 5.33. The second-order valence-corrected chi connectivity index (χ2v) is 7.78. The molecule has 28 heavy (non-hydrogen) atoms. The molecule has 1 amide bonds. The van der Waals surface area contributed by atoms with Crippen molar-refractivity contribution in [2.45, 2.75) is 44.1 Å². The van der Waals surface area contributed by atoms with Gasteiger partial charge in [-0.25, -0.2) is 4.79 Å². The van der Waals surface area contributed by atoms with Gasteiger partial charge in [0.25, 0.3) is 0 Å². The third-order valence-corrected chi connectivity index (χ3v) is 5.97. The molecule has 0 aliphatic heterocycles. The highest BCUT2D eigenvalue weighted by molar-refractivity contribution is 5.79. The third kappa shape index (κ3) is 3.88. The average molecular weight is 379 g/mol. The fourth-order valence-corrected chi connectivity index (χ4v) is 4.60. The first-order valence-electron chi connectivity index (χ1n) is 9.95. The van der Waals surface area contributed by atoms with E-state index in [4.69, 9.17) is 9.84 Å². The van der Waals surface area contributed by atoms with Crippen LogP contribution >= 0.6 is 0 Å². The van der Waals surface area contributed by atoms with Gasteiger partial charge in [-0.05, 0) is 53.9 Å². The molecule has 2 atom stereocenters. The van der Waals surface area contributed by atoms with Gasteiger partial charge in [0.2, 0.25) is 0 Å². The minimum atomic E-state index is -0.757. The van der Waals surface area contributed by atoms with Crippen LogP contribution in [0.3, 0.4) is 0 Å². The number of benzene rings is 2. The maximum Gasteiger partial charge on any atom is 0.407 e. The first-order valence-corrected chi connectivity index (χ1v) is 9.95. The summed E-state index contributed by atoms with van der Waals surface area (Å²) in [5.41, 5.74) is 4.82. The predicted octanol–water partition coefficient (Wildman–Crippen LogP) is 4.56. The number of carbonyl (C=O) groups excluding carboxylic acids is 1. The number of hydrogen-bond donors (Lipinski definition) is 2. The highest BCUT2D eigenvalue weighted by Crippen LogP contribution is 2.44. The van der Waals surface area contributed by atoms with Gasteiger partial charge in [0.05, 0.1) is 0 Å². The molecule has 1 saturated carbocycles. The number of nitrogens with one attached hydrogen (secondary N) is 1. The van der Waals surface area contributed by atoms with Crippen LogP contribution in [0.4, 0.5) is 4.79 Å². The summed E-state index contributed by atoms with van der Waals surface area (Å²) < 4.78 is 5.59. The van der Waals surface area contributed by atoms with Gasteiger partial charge in [0.15, 0.2) is 0 Å². The number of ether oxygens (including phenoxy) is 1. The molecule has 2 aromatic rings. The molecular formula is C23H25NO4. The van der Waals surface area contributed by atoms with Gasteiger partial charge < -0.3 is 15.2 Å². The number of carbonyl (C=O) groups is 2. The Hall–Kier alpha value is -2.82. The van der Waals surface area contributed by atoms with E-state index in [1.54, 1.807) is 0 Å². The Balaban J connectivity index is 1.33. The molecule has 2 unspecified atom stereocenters. The number of alkyl carbamates (subject to hydrolysis) is 1. The molecular weight excluding hydrogens is 354 g/mol. The molecule has 5 nitrogen and oxygen atoms in total. The highest BCUT2D eigenvalue weighted by atomic mass is 16.5. The van der Waals surface area contributed by atoms with E-state index in [9.17, 15) is 9.59 Å². The van der Waals surface area contributed by atoms with Crippen molar-refractivity contribution in [3.05, 3.63) is 59.7 Å². The van der Waals surface area contributed by atoms with Crippen LogP contribution < -0.4 is 5.32 Å². The van der Waals surface area contributed by atoms with E-state index in [1.807, 2.05) is 24.3 Å². The molecule has 2 aliphatic carbocycles. The molecule has 4 rings (SSSR count). The molecule has 0 spiro atoms. The Bertz CT molecular complexity index is 833. The zero-order valence-corrected chi connectivity index (χ0v) is 15.8. The van der Waals surface area contributed by atoms with Gasteiger partial charge in [-0.2, -0.15) is 0 Å². The van der Waals surface area contributed by atoms with E-state index in [-0.39, 0.29) is 24.5 Å². The standard InChI is InChI=1S/C23H25NO4/c25-22(26)12-10-15-9-11-16(13-15)24-23(27)28-14-21-19-7-3-1-5-17(19)18-6-2-4-8-20(18)21/h1-8,15-16,21H,9-14H2,(H,24,27)(H,25,26). The molecule has 0 aromatic heterocycles. The van der Waals surface area contributed by atoms with Crippen LogP contribution in [0.1, 0.15) is 49.1 Å². The Morgan fingerprint density at radius 2 is 1.64 bits per heavy atom. The smallest absolute Gasteiger partial charge is 0.407 e. The highest BCUT2D eigenvalue weighted by Gasteiger charge is 2.30. The number of amides is 1. The summed E-state index contributed by atoms with van der Waals surface area (Å²) in [5.74, 6) is -0.326. The van der Waals surface area contributed by atoms with Crippen molar-refractivity contribution in [3.8, 4) is 11.1 Å². The van der Waals surface area contributed by atoms with Gasteiger partial charge in [0.1, 0.15) is 6.61 Å². The molecule has 0 heterocycles. The number of carboxylic acids is 1. The summed E-state index contributed by atoms with van der Waals surface area (Å²) in [7, 11) is 0. The minimum absolute atomic E-state index is 0.0602. The second kappa shape index (κ2) is 8.05. The molecule has 0 bridgehead atoms. The van der Waals surface area contributed by atoms with E-state index >= 15 is 0 Å². The van der Waals surface area contributed by atoms with Crippen molar-refractivity contribution < 1.29 is 19.4 Å². The molecule has 5 heteroatoms. The van der Waals surface area contributed by atoms with Crippen LogP contribution in [0.5, 0.6) is 0 Å². The van der Waals surface area contributed by atoms with E-state index < -0.39 is 5.97 Å². The number of fused-ring (bicyclic) bond motifs is 3. The van der Waals surface area contributed by atoms with Crippen LogP contribution in [-0.2, 0) is 9.53 Å². The normalized spacial score (nSPS) is 20.4. The molecule has 0 saturated heterocycles. The maximum atomic E-state index is 12.3. The van der Waals surface area contributed by atoms with Crippen molar-refractivity contribution in [1.29, 1.82) is 0 Å². The summed E-state index contributed by atoms with van der Waals surface area (Å²) in [6.45, 7) is 0.315. The van der Waals surface area contributed by atoms with Gasteiger partial charge in [-0.1, -0.05) is 48.5 Å². The van der Waals surface area contributed by atoms with Crippen LogP contribution in [0.2, 0.25) is 0 Å². The summed E-state index contributed by atoms with van der Waals surface area (Å²) in [5, 5.41) is 11.8. The van der Waals surface area contributed by atoms with Crippen LogP contribution in [0.25, 0.3) is 11.1 Å². The van der Waals surface area contributed by atoms with E-state index in [1.165, 1.54) is 22.3 Å². The first kappa shape index (κ1) is 18.5. The molecule has 1 fully saturated rings. The van der Waals surface area contributed by atoms with Crippen LogP contribution in [0, 0.1) is 5.92 Å². The summed E-state index contributed by atoms with van der Waals surface area (Å²) >= 11 is 0. The first-order chi connectivity index (χ1) is 13.6. The van der Waals surface area contributed by atoms with Crippen LogP contribution in [-0.4, -0.2) is 29.8 Å². The predicted molar refractivity (Wildman–Crippen MR) is 106 cm³/mol. The largest absolute Gasteiger partial charge is 0.481 e. The molecule has 2 N–H and O–H groups in total. The minimum Gasteiger partial charge on any atom is -0.481 e. The Labute approximate surface area is 164 Å². The molecule has 2 aliphatic rings. The average Bonchev–Trinajstić information content (AvgIpc) is 3.27. The summed E-state index contributed by atoms with van der Waals surface area (Å²) in [4.78, 5) is 23.0. The van der Waals surface area contributed by atoms with Gasteiger partial charge in [0, 0.05) is 18.4 Å². The van der Waals surface area contributed by atoms with Gasteiger partial charge >= 0.3 is 12.1 Å². The Morgan fingerprint density at radius 1 is 1.00 bits per heavy atom. The zero-order chi connectivity index (χ0) is 19.5. The third-order valence-electron chi connectivity index (χ3n) is 5.97. The topological polar surface area (TPSA) is 75.6 Å². The summed E-state index contributed by atoms with van der Waals surface area (Å²) in [6, 6.07) is 16.6. The second-order valence-electron chi connectivity index (χ2n) is 7.78. The number of rotatable bonds is 6. The summed E-state index contributed by atoms with van der Waals surface area (Å²) in [6.07, 6.45) is 3.17. The molecule has 146 valence electrons. The SMILES string of the molecule is O=C(O)CCC1CCC(NC(=O)OCC2c3ccccc3-c3ccccc32)C1. The number of hydrogen-bond acceptors (Lipinski definition) is 3. The molecule has 2 aromatic carbocycles. The van der Waals surface area contributed by atoms with Crippen LogP contribution in [0.15, 0.2) is 48.5 Å². The quantitative estimate of drug-likeness (QED) is 0.771.